The Kier molecular flexibility index (Phi) is 7.02. The highest BCUT2D eigenvalue weighted by Crippen LogP contribution is 2.33. The molecule has 1 aliphatic rings. The number of benzene rings is 1. The SMILES string of the molecule is CSc1ccc(C(=O)NCCCc2nnc(SC)n2C2CCCC2)cc1. The number of aryl methyl sites for hydroxylation is 1. The molecule has 7 heteroatoms. The van der Waals surface area contributed by atoms with Crippen molar-refractivity contribution in [3.05, 3.63) is 35.7 Å². The van der Waals surface area contributed by atoms with Gasteiger partial charge in [0.05, 0.1) is 0 Å². The zero-order valence-corrected chi connectivity index (χ0v) is 17.0. The minimum Gasteiger partial charge on any atom is -0.352 e. The van der Waals surface area contributed by atoms with E-state index < -0.39 is 0 Å². The van der Waals surface area contributed by atoms with Crippen LogP contribution in [0.3, 0.4) is 0 Å². The van der Waals surface area contributed by atoms with E-state index in [0.29, 0.717) is 18.2 Å². The van der Waals surface area contributed by atoms with Gasteiger partial charge in [0, 0.05) is 29.5 Å². The standard InChI is InChI=1S/C19H26N4OS2/c1-25-16-11-9-14(10-12-16)18(24)20-13-5-8-17-21-22-19(26-2)23(17)15-6-3-4-7-15/h9-12,15H,3-8,13H2,1-2H3,(H,20,24). The van der Waals surface area contributed by atoms with Gasteiger partial charge in [0.25, 0.3) is 5.91 Å². The van der Waals surface area contributed by atoms with E-state index in [2.05, 4.69) is 26.3 Å². The molecular weight excluding hydrogens is 364 g/mol. The maximum absolute atomic E-state index is 12.2. The lowest BCUT2D eigenvalue weighted by molar-refractivity contribution is 0.0953. The monoisotopic (exact) mass is 390 g/mol. The van der Waals surface area contributed by atoms with Gasteiger partial charge in [-0.3, -0.25) is 4.79 Å². The Labute approximate surface area is 163 Å². The van der Waals surface area contributed by atoms with Gasteiger partial charge < -0.3 is 9.88 Å². The van der Waals surface area contributed by atoms with Gasteiger partial charge in [0.2, 0.25) is 0 Å². The van der Waals surface area contributed by atoms with Gasteiger partial charge >= 0.3 is 0 Å². The maximum Gasteiger partial charge on any atom is 0.251 e. The first-order valence-corrected chi connectivity index (χ1v) is 11.6. The second-order valence-corrected chi connectivity index (χ2v) is 8.15. The average molecular weight is 391 g/mol. The van der Waals surface area contributed by atoms with Gasteiger partial charge in [-0.15, -0.1) is 22.0 Å². The third kappa shape index (κ3) is 4.62. The summed E-state index contributed by atoms with van der Waals surface area (Å²) in [6.45, 7) is 0.648. The lowest BCUT2D eigenvalue weighted by atomic mass is 10.2. The van der Waals surface area contributed by atoms with Crippen molar-refractivity contribution in [2.45, 2.75) is 54.6 Å². The molecule has 1 saturated carbocycles. The summed E-state index contributed by atoms with van der Waals surface area (Å²) in [5.74, 6) is 1.04. The fourth-order valence-corrected chi connectivity index (χ4v) is 4.42. The van der Waals surface area contributed by atoms with Gasteiger partial charge in [0.15, 0.2) is 5.16 Å². The van der Waals surface area contributed by atoms with Crippen LogP contribution in [0.5, 0.6) is 0 Å². The van der Waals surface area contributed by atoms with E-state index in [1.807, 2.05) is 30.5 Å². The zero-order valence-electron chi connectivity index (χ0n) is 15.4. The number of hydrogen-bond acceptors (Lipinski definition) is 5. The van der Waals surface area contributed by atoms with Crippen LogP contribution in [0.25, 0.3) is 0 Å². The van der Waals surface area contributed by atoms with Crippen LogP contribution in [0, 0.1) is 0 Å². The number of aromatic nitrogens is 3. The Morgan fingerprint density at radius 2 is 1.88 bits per heavy atom. The van der Waals surface area contributed by atoms with Gasteiger partial charge in [-0.2, -0.15) is 0 Å². The summed E-state index contributed by atoms with van der Waals surface area (Å²) in [5, 5.41) is 12.8. The molecule has 0 aliphatic heterocycles. The van der Waals surface area contributed by atoms with Gasteiger partial charge in [-0.25, -0.2) is 0 Å². The topological polar surface area (TPSA) is 59.8 Å². The third-order valence-corrected chi connectivity index (χ3v) is 6.21. The van der Waals surface area contributed by atoms with Gasteiger partial charge in [0.1, 0.15) is 5.82 Å². The first-order chi connectivity index (χ1) is 12.7. The Bertz CT molecular complexity index is 724. The normalized spacial score (nSPS) is 14.7. The van der Waals surface area contributed by atoms with Crippen molar-refractivity contribution >= 4 is 29.4 Å². The molecule has 0 saturated heterocycles. The van der Waals surface area contributed by atoms with Crippen molar-refractivity contribution in [3.63, 3.8) is 0 Å². The second kappa shape index (κ2) is 9.46. The summed E-state index contributed by atoms with van der Waals surface area (Å²) in [7, 11) is 0. The van der Waals surface area contributed by atoms with Crippen molar-refractivity contribution in [1.82, 2.24) is 20.1 Å². The number of carbonyl (C=O) groups excluding carboxylic acids is 1. The molecule has 5 nitrogen and oxygen atoms in total. The Hall–Kier alpha value is -1.47. The predicted molar refractivity (Wildman–Crippen MR) is 108 cm³/mol. The average Bonchev–Trinajstić information content (AvgIpc) is 3.34. The zero-order chi connectivity index (χ0) is 18.4. The van der Waals surface area contributed by atoms with Crippen LogP contribution in [-0.4, -0.2) is 39.7 Å². The second-order valence-electron chi connectivity index (χ2n) is 6.50. The lowest BCUT2D eigenvalue weighted by Gasteiger charge is -2.16. The minimum absolute atomic E-state index is 0.0142. The minimum atomic E-state index is -0.0142. The third-order valence-electron chi connectivity index (χ3n) is 4.82. The van der Waals surface area contributed by atoms with Gasteiger partial charge in [-0.1, -0.05) is 24.6 Å². The number of rotatable bonds is 8. The molecule has 1 aromatic carbocycles. The molecule has 0 unspecified atom stereocenters. The van der Waals surface area contributed by atoms with Crippen molar-refractivity contribution in [3.8, 4) is 0 Å². The number of nitrogens with one attached hydrogen (secondary N) is 1. The fourth-order valence-electron chi connectivity index (χ4n) is 3.44. The van der Waals surface area contributed by atoms with E-state index in [9.17, 15) is 4.79 Å². The molecule has 140 valence electrons. The number of amides is 1. The number of hydrogen-bond donors (Lipinski definition) is 1. The van der Waals surface area contributed by atoms with E-state index in [1.54, 1.807) is 23.5 Å². The summed E-state index contributed by atoms with van der Waals surface area (Å²) in [5.41, 5.74) is 0.710. The Morgan fingerprint density at radius 3 is 2.54 bits per heavy atom. The van der Waals surface area contributed by atoms with Crippen LogP contribution < -0.4 is 5.32 Å². The molecule has 0 bridgehead atoms. The van der Waals surface area contributed by atoms with Crippen LogP contribution in [0.4, 0.5) is 0 Å². The number of thioether (sulfide) groups is 2. The molecular formula is C19H26N4OS2. The quantitative estimate of drug-likeness (QED) is 0.541. The first-order valence-electron chi connectivity index (χ1n) is 9.13. The molecule has 2 aromatic rings. The molecule has 1 aromatic heterocycles. The number of nitrogens with zero attached hydrogens (tertiary/aromatic N) is 3. The summed E-state index contributed by atoms with van der Waals surface area (Å²) < 4.78 is 2.33. The van der Waals surface area contributed by atoms with E-state index in [-0.39, 0.29) is 5.91 Å². The van der Waals surface area contributed by atoms with Crippen molar-refractivity contribution in [2.75, 3.05) is 19.1 Å². The van der Waals surface area contributed by atoms with E-state index in [0.717, 1.165) is 28.7 Å². The highest BCUT2D eigenvalue weighted by atomic mass is 32.2. The molecule has 1 fully saturated rings. The summed E-state index contributed by atoms with van der Waals surface area (Å²) in [6, 6.07) is 8.26. The molecule has 0 spiro atoms. The summed E-state index contributed by atoms with van der Waals surface area (Å²) in [6.07, 6.45) is 10.8. The van der Waals surface area contributed by atoms with E-state index >= 15 is 0 Å². The van der Waals surface area contributed by atoms with Crippen LogP contribution in [0.1, 0.15) is 54.3 Å². The molecule has 1 aliphatic carbocycles. The molecule has 26 heavy (non-hydrogen) atoms. The summed E-state index contributed by atoms with van der Waals surface area (Å²) in [4.78, 5) is 13.4. The molecule has 1 amide bonds. The first kappa shape index (κ1) is 19.3. The van der Waals surface area contributed by atoms with Gasteiger partial charge in [-0.05, 0) is 56.0 Å². The maximum atomic E-state index is 12.2. The van der Waals surface area contributed by atoms with Crippen LogP contribution in [-0.2, 0) is 6.42 Å². The smallest absolute Gasteiger partial charge is 0.251 e. The fraction of sp³-hybridized carbons (Fsp3) is 0.526. The van der Waals surface area contributed by atoms with E-state index in [1.165, 1.54) is 25.7 Å². The largest absolute Gasteiger partial charge is 0.352 e. The molecule has 0 radical (unpaired) electrons. The summed E-state index contributed by atoms with van der Waals surface area (Å²) >= 11 is 3.34. The van der Waals surface area contributed by atoms with Crippen molar-refractivity contribution in [1.29, 1.82) is 0 Å². The molecule has 0 atom stereocenters. The van der Waals surface area contributed by atoms with Crippen LogP contribution in [0.15, 0.2) is 34.3 Å². The van der Waals surface area contributed by atoms with Crippen molar-refractivity contribution in [2.24, 2.45) is 0 Å². The van der Waals surface area contributed by atoms with E-state index in [4.69, 9.17) is 0 Å². The predicted octanol–water partition coefficient (Wildman–Crippen LogP) is 4.20. The highest BCUT2D eigenvalue weighted by molar-refractivity contribution is 7.98. The molecule has 1 N–H and O–H groups in total. The number of carbonyl (C=O) groups is 1. The highest BCUT2D eigenvalue weighted by Gasteiger charge is 2.23. The Balaban J connectivity index is 1.51. The molecule has 3 rings (SSSR count). The lowest BCUT2D eigenvalue weighted by Crippen LogP contribution is -2.25. The Morgan fingerprint density at radius 1 is 1.15 bits per heavy atom. The van der Waals surface area contributed by atoms with Crippen molar-refractivity contribution < 1.29 is 4.79 Å². The van der Waals surface area contributed by atoms with Crippen LogP contribution >= 0.6 is 23.5 Å². The molecule has 1 heterocycles. The van der Waals surface area contributed by atoms with Crippen LogP contribution in [0.2, 0.25) is 0 Å².